The van der Waals surface area contributed by atoms with E-state index < -0.39 is 10.0 Å². The molecule has 0 bridgehead atoms. The number of hydrogen-bond donors (Lipinski definition) is 0. The predicted molar refractivity (Wildman–Crippen MR) is 110 cm³/mol. The fourth-order valence-electron chi connectivity index (χ4n) is 3.17. The van der Waals surface area contributed by atoms with Gasteiger partial charge < -0.3 is 14.4 Å². The van der Waals surface area contributed by atoms with Crippen molar-refractivity contribution in [2.24, 2.45) is 0 Å². The molecule has 1 aliphatic rings. The summed E-state index contributed by atoms with van der Waals surface area (Å²) >= 11 is 0. The first kappa shape index (κ1) is 21.1. The molecular formula is C21H26N2O5S. The van der Waals surface area contributed by atoms with E-state index in [1.807, 2.05) is 32.0 Å². The highest BCUT2D eigenvalue weighted by Crippen LogP contribution is 2.21. The van der Waals surface area contributed by atoms with Crippen LogP contribution >= 0.6 is 0 Å². The number of sulfonamides is 1. The fourth-order valence-corrected chi connectivity index (χ4v) is 4.59. The van der Waals surface area contributed by atoms with Crippen LogP contribution < -0.4 is 9.47 Å². The molecule has 3 rings (SSSR count). The van der Waals surface area contributed by atoms with Gasteiger partial charge in [-0.05, 0) is 55.3 Å². The third kappa shape index (κ3) is 4.89. The zero-order valence-electron chi connectivity index (χ0n) is 16.9. The molecule has 0 atom stereocenters. The lowest BCUT2D eigenvalue weighted by molar-refractivity contribution is -0.134. The maximum absolute atomic E-state index is 12.8. The largest absolute Gasteiger partial charge is 0.497 e. The third-order valence-corrected chi connectivity index (χ3v) is 6.90. The highest BCUT2D eigenvalue weighted by molar-refractivity contribution is 7.89. The van der Waals surface area contributed by atoms with E-state index in [0.717, 1.165) is 11.1 Å². The van der Waals surface area contributed by atoms with E-state index in [1.165, 1.54) is 23.5 Å². The molecule has 0 aromatic heterocycles. The molecule has 0 spiro atoms. The molecule has 8 heteroatoms. The Morgan fingerprint density at radius 3 is 2.28 bits per heavy atom. The molecule has 29 heavy (non-hydrogen) atoms. The molecule has 1 heterocycles. The van der Waals surface area contributed by atoms with E-state index in [-0.39, 0.29) is 30.5 Å². The molecule has 0 radical (unpaired) electrons. The normalized spacial score (nSPS) is 15.2. The molecular weight excluding hydrogens is 392 g/mol. The summed E-state index contributed by atoms with van der Waals surface area (Å²) < 4.78 is 37.8. The van der Waals surface area contributed by atoms with Crippen LogP contribution in [0.1, 0.15) is 11.1 Å². The van der Waals surface area contributed by atoms with Gasteiger partial charge in [0.05, 0.1) is 12.0 Å². The number of hydrogen-bond acceptors (Lipinski definition) is 5. The van der Waals surface area contributed by atoms with Crippen LogP contribution in [0.15, 0.2) is 47.4 Å². The van der Waals surface area contributed by atoms with E-state index in [9.17, 15) is 13.2 Å². The van der Waals surface area contributed by atoms with Crippen LogP contribution in [0.2, 0.25) is 0 Å². The SMILES string of the molecule is COc1ccc(S(=O)(=O)N2CCN(C(=O)COc3cc(C)ccc3C)CC2)cc1. The van der Waals surface area contributed by atoms with Crippen molar-refractivity contribution in [1.82, 2.24) is 9.21 Å². The van der Waals surface area contributed by atoms with E-state index in [0.29, 0.717) is 24.6 Å². The number of amides is 1. The number of ether oxygens (including phenoxy) is 2. The number of carbonyl (C=O) groups excluding carboxylic acids is 1. The van der Waals surface area contributed by atoms with Gasteiger partial charge in [-0.25, -0.2) is 8.42 Å². The van der Waals surface area contributed by atoms with Gasteiger partial charge in [-0.1, -0.05) is 12.1 Å². The first-order chi connectivity index (χ1) is 13.8. The van der Waals surface area contributed by atoms with Gasteiger partial charge in [-0.15, -0.1) is 0 Å². The van der Waals surface area contributed by atoms with Gasteiger partial charge >= 0.3 is 0 Å². The molecule has 1 aliphatic heterocycles. The van der Waals surface area contributed by atoms with Gasteiger partial charge in [0.1, 0.15) is 11.5 Å². The average molecular weight is 419 g/mol. The second-order valence-corrected chi connectivity index (χ2v) is 8.96. The van der Waals surface area contributed by atoms with Crippen LogP contribution in [0, 0.1) is 13.8 Å². The third-order valence-electron chi connectivity index (χ3n) is 4.98. The molecule has 1 saturated heterocycles. The molecule has 0 N–H and O–H groups in total. The topological polar surface area (TPSA) is 76.2 Å². The molecule has 0 unspecified atom stereocenters. The lowest BCUT2D eigenvalue weighted by Crippen LogP contribution is -2.51. The van der Waals surface area contributed by atoms with Gasteiger partial charge in [0, 0.05) is 26.2 Å². The lowest BCUT2D eigenvalue weighted by Gasteiger charge is -2.34. The van der Waals surface area contributed by atoms with Crippen LogP contribution in [0.3, 0.4) is 0 Å². The Morgan fingerprint density at radius 1 is 1.00 bits per heavy atom. The Labute approximate surface area is 171 Å². The van der Waals surface area contributed by atoms with Crippen LogP contribution in [-0.2, 0) is 14.8 Å². The molecule has 7 nitrogen and oxygen atoms in total. The summed E-state index contributed by atoms with van der Waals surface area (Å²) in [5.74, 6) is 1.15. The minimum absolute atomic E-state index is 0.0600. The first-order valence-electron chi connectivity index (χ1n) is 9.43. The van der Waals surface area contributed by atoms with Gasteiger partial charge in [0.2, 0.25) is 10.0 Å². The van der Waals surface area contributed by atoms with Crippen molar-refractivity contribution in [3.8, 4) is 11.5 Å². The van der Waals surface area contributed by atoms with E-state index >= 15 is 0 Å². The van der Waals surface area contributed by atoms with Gasteiger partial charge in [-0.3, -0.25) is 4.79 Å². The molecule has 0 saturated carbocycles. The highest BCUT2D eigenvalue weighted by Gasteiger charge is 2.30. The molecule has 0 aliphatic carbocycles. The summed E-state index contributed by atoms with van der Waals surface area (Å²) in [4.78, 5) is 14.3. The van der Waals surface area contributed by atoms with E-state index in [2.05, 4.69) is 0 Å². The maximum atomic E-state index is 12.8. The van der Waals surface area contributed by atoms with Crippen molar-refractivity contribution in [2.45, 2.75) is 18.7 Å². The summed E-state index contributed by atoms with van der Waals surface area (Å²) in [7, 11) is -2.06. The van der Waals surface area contributed by atoms with Crippen LogP contribution in [0.25, 0.3) is 0 Å². The second kappa shape index (κ2) is 8.84. The average Bonchev–Trinajstić information content (AvgIpc) is 2.74. The van der Waals surface area contributed by atoms with Crippen LogP contribution in [0.4, 0.5) is 0 Å². The van der Waals surface area contributed by atoms with Crippen molar-refractivity contribution < 1.29 is 22.7 Å². The van der Waals surface area contributed by atoms with Crippen molar-refractivity contribution in [3.05, 3.63) is 53.6 Å². The number of piperazine rings is 1. The number of methoxy groups -OCH3 is 1. The second-order valence-electron chi connectivity index (χ2n) is 7.02. The molecule has 1 fully saturated rings. The standard InChI is InChI=1S/C21H26N2O5S/c1-16-4-5-17(2)20(14-16)28-15-21(24)22-10-12-23(13-11-22)29(25,26)19-8-6-18(27-3)7-9-19/h4-9,14H,10-13,15H2,1-3H3. The number of benzene rings is 2. The van der Waals surface area contributed by atoms with Gasteiger partial charge in [0.15, 0.2) is 6.61 Å². The molecule has 156 valence electrons. The maximum Gasteiger partial charge on any atom is 0.260 e. The molecule has 2 aromatic carbocycles. The Morgan fingerprint density at radius 2 is 1.66 bits per heavy atom. The predicted octanol–water partition coefficient (Wildman–Crippen LogP) is 2.22. The zero-order chi connectivity index (χ0) is 21.0. The summed E-state index contributed by atoms with van der Waals surface area (Å²) in [6.45, 7) is 5.02. The van der Waals surface area contributed by atoms with Crippen molar-refractivity contribution in [3.63, 3.8) is 0 Å². The Bertz CT molecular complexity index is 965. The van der Waals surface area contributed by atoms with Gasteiger partial charge in [0.25, 0.3) is 5.91 Å². The quantitative estimate of drug-likeness (QED) is 0.719. The van der Waals surface area contributed by atoms with Gasteiger partial charge in [-0.2, -0.15) is 4.31 Å². The highest BCUT2D eigenvalue weighted by atomic mass is 32.2. The first-order valence-corrected chi connectivity index (χ1v) is 10.9. The van der Waals surface area contributed by atoms with E-state index in [1.54, 1.807) is 17.0 Å². The number of rotatable bonds is 6. The summed E-state index contributed by atoms with van der Waals surface area (Å²) in [6, 6.07) is 12.2. The summed E-state index contributed by atoms with van der Waals surface area (Å²) in [5, 5.41) is 0. The Balaban J connectivity index is 1.56. The van der Waals surface area contributed by atoms with Crippen molar-refractivity contribution >= 4 is 15.9 Å². The fraction of sp³-hybridized carbons (Fsp3) is 0.381. The number of aryl methyl sites for hydroxylation is 2. The van der Waals surface area contributed by atoms with Crippen LogP contribution in [0.5, 0.6) is 11.5 Å². The smallest absolute Gasteiger partial charge is 0.260 e. The summed E-state index contributed by atoms with van der Waals surface area (Å²) in [6.07, 6.45) is 0. The van der Waals surface area contributed by atoms with Crippen molar-refractivity contribution in [2.75, 3.05) is 39.9 Å². The van der Waals surface area contributed by atoms with Crippen LogP contribution in [-0.4, -0.2) is 63.4 Å². The zero-order valence-corrected chi connectivity index (χ0v) is 17.7. The number of nitrogens with zero attached hydrogens (tertiary/aromatic N) is 2. The van der Waals surface area contributed by atoms with E-state index in [4.69, 9.17) is 9.47 Å². The molecule has 2 aromatic rings. The van der Waals surface area contributed by atoms with Crippen molar-refractivity contribution in [1.29, 1.82) is 0 Å². The minimum Gasteiger partial charge on any atom is -0.497 e. The lowest BCUT2D eigenvalue weighted by atomic mass is 10.1. The monoisotopic (exact) mass is 418 g/mol. The Kier molecular flexibility index (Phi) is 6.44. The Hall–Kier alpha value is -2.58. The minimum atomic E-state index is -3.59. The molecule has 1 amide bonds. The number of carbonyl (C=O) groups is 1. The summed E-state index contributed by atoms with van der Waals surface area (Å²) in [5.41, 5.74) is 2.04.